The summed E-state index contributed by atoms with van der Waals surface area (Å²) >= 11 is 0. The van der Waals surface area contributed by atoms with Gasteiger partial charge in [-0.2, -0.15) is 5.10 Å². The van der Waals surface area contributed by atoms with E-state index in [4.69, 9.17) is 11.1 Å². The van der Waals surface area contributed by atoms with Crippen LogP contribution in [0.5, 0.6) is 0 Å². The molecule has 29 heavy (non-hydrogen) atoms. The minimum Gasteiger partial charge on any atom is -0.469 e. The normalized spacial score (nSPS) is 10.3. The summed E-state index contributed by atoms with van der Waals surface area (Å²) in [6, 6.07) is 14.9. The van der Waals surface area contributed by atoms with E-state index in [0.29, 0.717) is 17.1 Å². The van der Waals surface area contributed by atoms with Crippen LogP contribution in [0.1, 0.15) is 17.8 Å². The third kappa shape index (κ3) is 4.72. The number of esters is 1. The first-order valence-electron chi connectivity index (χ1n) is 8.69. The van der Waals surface area contributed by atoms with Crippen molar-refractivity contribution in [3.05, 3.63) is 70.4 Å². The number of ether oxygens (including phenoxy) is 1. The standard InChI is InChI=1S/C20H21N5O3.ClH/c1-13-23-24(12-11-18(26)28-2)20(27)25(13)17-9-7-15(8-10-17)14-3-5-16(6-4-14)19(21)22;/h3-10H,11-12H2,1-2H3,(H3,21,22);1H. The molecule has 1 aromatic heterocycles. The van der Waals surface area contributed by atoms with Crippen molar-refractivity contribution in [3.8, 4) is 16.8 Å². The van der Waals surface area contributed by atoms with Crippen LogP contribution in [0.15, 0.2) is 53.3 Å². The van der Waals surface area contributed by atoms with Crippen molar-refractivity contribution in [2.75, 3.05) is 7.11 Å². The van der Waals surface area contributed by atoms with E-state index in [9.17, 15) is 9.59 Å². The van der Waals surface area contributed by atoms with Gasteiger partial charge in [0.1, 0.15) is 11.7 Å². The van der Waals surface area contributed by atoms with Gasteiger partial charge in [0.05, 0.1) is 25.8 Å². The van der Waals surface area contributed by atoms with Crippen molar-refractivity contribution in [1.82, 2.24) is 14.3 Å². The molecule has 0 aliphatic carbocycles. The number of nitrogen functional groups attached to an aromatic ring is 1. The zero-order valence-corrected chi connectivity index (χ0v) is 16.9. The number of nitrogens with one attached hydrogen (secondary N) is 1. The van der Waals surface area contributed by atoms with Crippen LogP contribution >= 0.6 is 12.4 Å². The molecule has 0 fully saturated rings. The Morgan fingerprint density at radius 2 is 1.66 bits per heavy atom. The predicted octanol–water partition coefficient (Wildman–Crippen LogP) is 2.28. The molecule has 0 spiro atoms. The van der Waals surface area contributed by atoms with E-state index in [-0.39, 0.29) is 42.9 Å². The molecule has 8 nitrogen and oxygen atoms in total. The number of nitrogens with zero attached hydrogens (tertiary/aromatic N) is 3. The molecule has 152 valence electrons. The van der Waals surface area contributed by atoms with Crippen LogP contribution in [0.3, 0.4) is 0 Å². The molecule has 0 unspecified atom stereocenters. The van der Waals surface area contributed by atoms with Gasteiger partial charge in [-0.3, -0.25) is 10.2 Å². The quantitative estimate of drug-likeness (QED) is 0.364. The first kappa shape index (κ1) is 21.9. The Bertz CT molecular complexity index is 1070. The van der Waals surface area contributed by atoms with Gasteiger partial charge >= 0.3 is 11.7 Å². The van der Waals surface area contributed by atoms with E-state index in [1.54, 1.807) is 19.1 Å². The highest BCUT2D eigenvalue weighted by Crippen LogP contribution is 2.21. The van der Waals surface area contributed by atoms with Crippen LogP contribution in [0.25, 0.3) is 16.8 Å². The van der Waals surface area contributed by atoms with Crippen LogP contribution in [0.2, 0.25) is 0 Å². The molecule has 0 bridgehead atoms. The Hall–Kier alpha value is -3.39. The van der Waals surface area contributed by atoms with Gasteiger partial charge in [-0.15, -0.1) is 12.4 Å². The average molecular weight is 416 g/mol. The summed E-state index contributed by atoms with van der Waals surface area (Å²) in [7, 11) is 1.31. The monoisotopic (exact) mass is 415 g/mol. The Morgan fingerprint density at radius 3 is 2.17 bits per heavy atom. The molecule has 1 heterocycles. The topological polar surface area (TPSA) is 116 Å². The SMILES string of the molecule is COC(=O)CCn1nc(C)n(-c2ccc(-c3ccc(C(=N)N)cc3)cc2)c1=O.Cl. The number of benzene rings is 2. The first-order valence-corrected chi connectivity index (χ1v) is 8.69. The molecule has 0 saturated heterocycles. The van der Waals surface area contributed by atoms with Gasteiger partial charge in [0.2, 0.25) is 0 Å². The lowest BCUT2D eigenvalue weighted by Gasteiger charge is -2.06. The van der Waals surface area contributed by atoms with Crippen molar-refractivity contribution < 1.29 is 9.53 Å². The van der Waals surface area contributed by atoms with Crippen LogP contribution in [-0.4, -0.2) is 33.3 Å². The van der Waals surface area contributed by atoms with Crippen molar-refractivity contribution in [2.24, 2.45) is 5.73 Å². The highest BCUT2D eigenvalue weighted by molar-refractivity contribution is 5.95. The number of hydrogen-bond acceptors (Lipinski definition) is 5. The lowest BCUT2D eigenvalue weighted by Crippen LogP contribution is -2.25. The zero-order valence-electron chi connectivity index (χ0n) is 16.1. The van der Waals surface area contributed by atoms with E-state index in [1.165, 1.54) is 16.4 Å². The molecule has 0 saturated carbocycles. The van der Waals surface area contributed by atoms with Gasteiger partial charge in [-0.1, -0.05) is 36.4 Å². The summed E-state index contributed by atoms with van der Waals surface area (Å²) in [6.07, 6.45) is 0.0854. The molecule has 3 rings (SSSR count). The number of methoxy groups -OCH3 is 1. The summed E-state index contributed by atoms with van der Waals surface area (Å²) in [4.78, 5) is 23.9. The molecule has 3 aromatic rings. The first-order chi connectivity index (χ1) is 13.4. The number of aromatic nitrogens is 3. The van der Waals surface area contributed by atoms with Crippen molar-refractivity contribution >= 4 is 24.2 Å². The van der Waals surface area contributed by atoms with Crippen molar-refractivity contribution in [2.45, 2.75) is 19.9 Å². The van der Waals surface area contributed by atoms with E-state index >= 15 is 0 Å². The second-order valence-electron chi connectivity index (χ2n) is 6.25. The smallest absolute Gasteiger partial charge is 0.350 e. The minimum absolute atomic E-state index is 0. The third-order valence-electron chi connectivity index (χ3n) is 4.41. The Morgan fingerprint density at radius 1 is 1.10 bits per heavy atom. The van der Waals surface area contributed by atoms with Crippen molar-refractivity contribution in [3.63, 3.8) is 0 Å². The van der Waals surface area contributed by atoms with E-state index < -0.39 is 0 Å². The highest BCUT2D eigenvalue weighted by Gasteiger charge is 2.13. The number of nitrogens with two attached hydrogens (primary N) is 1. The molecular weight excluding hydrogens is 394 g/mol. The second-order valence-corrected chi connectivity index (χ2v) is 6.25. The second kappa shape index (κ2) is 9.20. The fourth-order valence-electron chi connectivity index (χ4n) is 2.90. The summed E-state index contributed by atoms with van der Waals surface area (Å²) in [6.45, 7) is 1.91. The molecular formula is C20H22ClN5O3. The summed E-state index contributed by atoms with van der Waals surface area (Å²) < 4.78 is 7.37. The number of halogens is 1. The fraction of sp³-hybridized carbons (Fsp3) is 0.200. The molecule has 0 amide bonds. The number of amidine groups is 1. The highest BCUT2D eigenvalue weighted by atomic mass is 35.5. The van der Waals surface area contributed by atoms with Gasteiger partial charge in [0.15, 0.2) is 0 Å². The fourth-order valence-corrected chi connectivity index (χ4v) is 2.90. The summed E-state index contributed by atoms with van der Waals surface area (Å²) in [5.41, 5.74) is 8.49. The lowest BCUT2D eigenvalue weighted by molar-refractivity contribution is -0.140. The Balaban J connectivity index is 0.00000300. The van der Waals surface area contributed by atoms with E-state index in [1.807, 2.05) is 36.4 Å². The largest absolute Gasteiger partial charge is 0.469 e. The summed E-state index contributed by atoms with van der Waals surface area (Å²) in [5, 5.41) is 11.7. The predicted molar refractivity (Wildman–Crippen MR) is 113 cm³/mol. The van der Waals surface area contributed by atoms with Gasteiger partial charge in [-0.25, -0.2) is 14.0 Å². The van der Waals surface area contributed by atoms with Gasteiger partial charge in [0, 0.05) is 5.56 Å². The summed E-state index contributed by atoms with van der Waals surface area (Å²) in [5.74, 6) is 0.175. The average Bonchev–Trinajstić information content (AvgIpc) is 2.99. The Labute approximate surface area is 173 Å². The van der Waals surface area contributed by atoms with Crippen LogP contribution in [-0.2, 0) is 16.1 Å². The zero-order chi connectivity index (χ0) is 20.3. The Kier molecular flexibility index (Phi) is 6.95. The maximum atomic E-state index is 12.6. The lowest BCUT2D eigenvalue weighted by atomic mass is 10.0. The maximum absolute atomic E-state index is 12.6. The molecule has 3 N–H and O–H groups in total. The van der Waals surface area contributed by atoms with Crippen LogP contribution in [0.4, 0.5) is 0 Å². The molecule has 0 radical (unpaired) electrons. The number of hydrogen-bond donors (Lipinski definition) is 2. The van der Waals surface area contributed by atoms with E-state index in [0.717, 1.165) is 11.1 Å². The van der Waals surface area contributed by atoms with Gasteiger partial charge < -0.3 is 10.5 Å². The molecule has 2 aromatic carbocycles. The molecule has 9 heteroatoms. The maximum Gasteiger partial charge on any atom is 0.350 e. The minimum atomic E-state index is -0.390. The van der Waals surface area contributed by atoms with E-state index in [2.05, 4.69) is 9.84 Å². The van der Waals surface area contributed by atoms with Crippen molar-refractivity contribution in [1.29, 1.82) is 5.41 Å². The number of aryl methyl sites for hydroxylation is 2. The van der Waals surface area contributed by atoms with Gasteiger partial charge in [-0.05, 0) is 30.2 Å². The molecule has 0 aliphatic heterocycles. The molecule has 0 aliphatic rings. The van der Waals surface area contributed by atoms with Crippen LogP contribution < -0.4 is 11.4 Å². The number of carbonyl (C=O) groups excluding carboxylic acids is 1. The third-order valence-corrected chi connectivity index (χ3v) is 4.41. The van der Waals surface area contributed by atoms with Gasteiger partial charge in [0.25, 0.3) is 0 Å². The number of carbonyl (C=O) groups is 1. The van der Waals surface area contributed by atoms with Crippen LogP contribution in [0, 0.1) is 12.3 Å². The number of rotatable bonds is 6. The molecule has 0 atom stereocenters.